The highest BCUT2D eigenvalue weighted by Crippen LogP contribution is 2.24. The van der Waals surface area contributed by atoms with Crippen molar-refractivity contribution in [2.24, 2.45) is 0 Å². The van der Waals surface area contributed by atoms with Gasteiger partial charge < -0.3 is 19.3 Å². The Bertz CT molecular complexity index is 572. The van der Waals surface area contributed by atoms with E-state index in [1.54, 1.807) is 13.2 Å². The number of methoxy groups -OCH3 is 1. The van der Waals surface area contributed by atoms with Gasteiger partial charge in [-0.05, 0) is 25.1 Å². The molecule has 0 saturated carbocycles. The van der Waals surface area contributed by atoms with E-state index < -0.39 is 0 Å². The third-order valence-corrected chi connectivity index (χ3v) is 3.10. The molecule has 1 heterocycles. The minimum atomic E-state index is 0.341. The smallest absolute Gasteiger partial charge is 0.174 e. The van der Waals surface area contributed by atoms with Crippen LogP contribution < -0.4 is 10.1 Å². The molecule has 0 radical (unpaired) electrons. The number of hydrogen-bond donors (Lipinski definition) is 1. The maximum absolute atomic E-state index is 6.04. The van der Waals surface area contributed by atoms with Gasteiger partial charge in [0.15, 0.2) is 5.76 Å². The molecule has 0 bridgehead atoms. The average molecular weight is 311 g/mol. The van der Waals surface area contributed by atoms with Crippen molar-refractivity contribution in [2.45, 2.75) is 20.1 Å². The maximum Gasteiger partial charge on any atom is 0.174 e. The Hall–Kier alpha value is -1.56. The lowest BCUT2D eigenvalue weighted by Gasteiger charge is -2.11. The summed E-state index contributed by atoms with van der Waals surface area (Å²) in [7, 11) is 1.68. The van der Waals surface area contributed by atoms with Gasteiger partial charge in [-0.25, -0.2) is 0 Å². The van der Waals surface area contributed by atoms with Gasteiger partial charge in [-0.15, -0.1) is 0 Å². The van der Waals surface area contributed by atoms with Gasteiger partial charge in [0, 0.05) is 36.9 Å². The number of benzene rings is 1. The van der Waals surface area contributed by atoms with Crippen molar-refractivity contribution < 1.29 is 14.0 Å². The molecule has 2 aromatic rings. The zero-order valence-electron chi connectivity index (χ0n) is 12.2. The first-order valence-electron chi connectivity index (χ1n) is 6.72. The van der Waals surface area contributed by atoms with Crippen molar-refractivity contribution in [1.29, 1.82) is 0 Å². The van der Waals surface area contributed by atoms with E-state index in [2.05, 4.69) is 10.5 Å². The molecule has 0 aliphatic rings. The van der Waals surface area contributed by atoms with Crippen LogP contribution in [-0.4, -0.2) is 25.4 Å². The van der Waals surface area contributed by atoms with E-state index in [-0.39, 0.29) is 0 Å². The molecule has 114 valence electrons. The number of halogens is 1. The molecule has 0 unspecified atom stereocenters. The first kappa shape index (κ1) is 15.8. The van der Waals surface area contributed by atoms with Gasteiger partial charge in [0.1, 0.15) is 12.4 Å². The quantitative estimate of drug-likeness (QED) is 0.760. The fourth-order valence-electron chi connectivity index (χ4n) is 1.86. The van der Waals surface area contributed by atoms with Gasteiger partial charge in [0.25, 0.3) is 0 Å². The Kier molecular flexibility index (Phi) is 6.04. The second-order valence-corrected chi connectivity index (χ2v) is 5.08. The molecule has 1 aromatic heterocycles. The van der Waals surface area contributed by atoms with Crippen LogP contribution in [0.1, 0.15) is 17.0 Å². The van der Waals surface area contributed by atoms with E-state index in [1.807, 2.05) is 25.1 Å². The van der Waals surface area contributed by atoms with Crippen LogP contribution >= 0.6 is 11.6 Å². The van der Waals surface area contributed by atoms with Gasteiger partial charge in [-0.3, -0.25) is 0 Å². The van der Waals surface area contributed by atoms with Gasteiger partial charge >= 0.3 is 0 Å². The van der Waals surface area contributed by atoms with Gasteiger partial charge in [-0.2, -0.15) is 0 Å². The summed E-state index contributed by atoms with van der Waals surface area (Å²) in [6, 6.07) is 7.41. The van der Waals surface area contributed by atoms with Crippen LogP contribution in [0.4, 0.5) is 0 Å². The highest BCUT2D eigenvalue weighted by atomic mass is 35.5. The fraction of sp³-hybridized carbons (Fsp3) is 0.400. The van der Waals surface area contributed by atoms with Gasteiger partial charge in [0.2, 0.25) is 0 Å². The minimum absolute atomic E-state index is 0.341. The Balaban J connectivity index is 1.97. The van der Waals surface area contributed by atoms with Crippen LogP contribution in [0.2, 0.25) is 5.02 Å². The molecular weight excluding hydrogens is 292 g/mol. The van der Waals surface area contributed by atoms with E-state index >= 15 is 0 Å². The summed E-state index contributed by atoms with van der Waals surface area (Å²) in [6.45, 7) is 4.31. The van der Waals surface area contributed by atoms with E-state index in [1.165, 1.54) is 0 Å². The minimum Gasteiger partial charge on any atom is -0.485 e. The van der Waals surface area contributed by atoms with Crippen molar-refractivity contribution in [3.05, 3.63) is 46.3 Å². The molecule has 1 N–H and O–H groups in total. The van der Waals surface area contributed by atoms with Crippen molar-refractivity contribution in [2.75, 3.05) is 20.3 Å². The molecule has 0 atom stereocenters. The zero-order valence-corrected chi connectivity index (χ0v) is 12.9. The van der Waals surface area contributed by atoms with Gasteiger partial charge in [-0.1, -0.05) is 16.8 Å². The largest absolute Gasteiger partial charge is 0.485 e. The number of aromatic nitrogens is 1. The SMILES string of the molecule is COCCNCc1cc(Cl)ccc1OCc1cc(C)no1. The summed E-state index contributed by atoms with van der Waals surface area (Å²) >= 11 is 6.04. The number of ether oxygens (including phenoxy) is 2. The van der Waals surface area contributed by atoms with Gasteiger partial charge in [0.05, 0.1) is 12.3 Å². The molecule has 0 aliphatic heterocycles. The summed E-state index contributed by atoms with van der Waals surface area (Å²) in [5, 5.41) is 7.79. The average Bonchev–Trinajstić information content (AvgIpc) is 2.88. The van der Waals surface area contributed by atoms with Crippen LogP contribution in [0.25, 0.3) is 0 Å². The second-order valence-electron chi connectivity index (χ2n) is 4.64. The monoisotopic (exact) mass is 310 g/mol. The fourth-order valence-corrected chi connectivity index (χ4v) is 2.05. The standard InChI is InChI=1S/C15H19ClN2O3/c1-11-7-14(21-18-11)10-20-15-4-3-13(16)8-12(15)9-17-5-6-19-2/h3-4,7-8,17H,5-6,9-10H2,1-2H3. The number of nitrogens with zero attached hydrogens (tertiary/aromatic N) is 1. The van der Waals surface area contributed by atoms with E-state index in [9.17, 15) is 0 Å². The van der Waals surface area contributed by atoms with Crippen molar-refractivity contribution in [3.63, 3.8) is 0 Å². The Morgan fingerprint density at radius 3 is 2.90 bits per heavy atom. The lowest BCUT2D eigenvalue weighted by molar-refractivity contribution is 0.198. The van der Waals surface area contributed by atoms with Crippen LogP contribution in [0.5, 0.6) is 5.75 Å². The highest BCUT2D eigenvalue weighted by molar-refractivity contribution is 6.30. The molecule has 0 amide bonds. The molecule has 0 aliphatic carbocycles. The lowest BCUT2D eigenvalue weighted by atomic mass is 10.2. The summed E-state index contributed by atoms with van der Waals surface area (Å²) in [5.41, 5.74) is 1.83. The molecule has 6 heteroatoms. The molecule has 0 fully saturated rings. The van der Waals surface area contributed by atoms with E-state index in [4.69, 9.17) is 25.6 Å². The lowest BCUT2D eigenvalue weighted by Crippen LogP contribution is -2.19. The predicted octanol–water partition coefficient (Wildman–Crippen LogP) is 2.95. The van der Waals surface area contributed by atoms with E-state index in [0.29, 0.717) is 30.5 Å². The van der Waals surface area contributed by atoms with Crippen LogP contribution in [0.15, 0.2) is 28.8 Å². The summed E-state index contributed by atoms with van der Waals surface area (Å²) in [5.74, 6) is 1.47. The maximum atomic E-state index is 6.04. The number of rotatable bonds is 8. The summed E-state index contributed by atoms with van der Waals surface area (Å²) < 4.78 is 15.9. The van der Waals surface area contributed by atoms with Crippen molar-refractivity contribution >= 4 is 11.6 Å². The number of nitrogens with one attached hydrogen (secondary N) is 1. The molecule has 2 rings (SSSR count). The third kappa shape index (κ3) is 5.04. The molecule has 21 heavy (non-hydrogen) atoms. The molecule has 1 aromatic carbocycles. The molecule has 0 spiro atoms. The predicted molar refractivity (Wildman–Crippen MR) is 80.6 cm³/mol. The first-order valence-corrected chi connectivity index (χ1v) is 7.10. The van der Waals surface area contributed by atoms with Crippen LogP contribution in [0, 0.1) is 6.92 Å². The Morgan fingerprint density at radius 2 is 2.19 bits per heavy atom. The summed E-state index contributed by atoms with van der Waals surface area (Å²) in [6.07, 6.45) is 0. The normalized spacial score (nSPS) is 10.8. The molecule has 5 nitrogen and oxygen atoms in total. The molecular formula is C15H19ClN2O3. The van der Waals surface area contributed by atoms with Crippen molar-refractivity contribution in [3.8, 4) is 5.75 Å². The highest BCUT2D eigenvalue weighted by Gasteiger charge is 2.07. The zero-order chi connectivity index (χ0) is 15.1. The Morgan fingerprint density at radius 1 is 1.33 bits per heavy atom. The molecule has 0 saturated heterocycles. The van der Waals surface area contributed by atoms with Crippen LogP contribution in [-0.2, 0) is 17.9 Å². The summed E-state index contributed by atoms with van der Waals surface area (Å²) in [4.78, 5) is 0. The second kappa shape index (κ2) is 8.02. The Labute approximate surface area is 129 Å². The third-order valence-electron chi connectivity index (χ3n) is 2.87. The number of hydrogen-bond acceptors (Lipinski definition) is 5. The first-order chi connectivity index (χ1) is 10.2. The number of aryl methyl sites for hydroxylation is 1. The van der Waals surface area contributed by atoms with Crippen LogP contribution in [0.3, 0.4) is 0 Å². The van der Waals surface area contributed by atoms with Crippen molar-refractivity contribution in [1.82, 2.24) is 10.5 Å². The topological polar surface area (TPSA) is 56.5 Å². The van der Waals surface area contributed by atoms with E-state index in [0.717, 1.165) is 23.6 Å².